The monoisotopic (exact) mass is 486 g/mol. The molecule has 0 saturated heterocycles. The molecule has 0 aliphatic rings. The van der Waals surface area contributed by atoms with E-state index in [0.29, 0.717) is 17.7 Å². The van der Waals surface area contributed by atoms with Gasteiger partial charge in [-0.05, 0) is 53.8 Å². The van der Waals surface area contributed by atoms with Gasteiger partial charge < -0.3 is 25.4 Å². The Balaban J connectivity index is 1.72. The molecule has 182 valence electrons. The fourth-order valence-corrected chi connectivity index (χ4v) is 4.25. The van der Waals surface area contributed by atoms with Crippen molar-refractivity contribution in [3.8, 4) is 17.2 Å². The van der Waals surface area contributed by atoms with Crippen molar-refractivity contribution in [2.24, 2.45) is 0 Å². The van der Waals surface area contributed by atoms with Gasteiger partial charge in [-0.1, -0.05) is 42.5 Å². The maximum atomic E-state index is 11.5. The minimum atomic E-state index is -3.55. The van der Waals surface area contributed by atoms with E-state index in [0.717, 1.165) is 17.4 Å². The molecule has 3 aromatic rings. The SMILES string of the molecule is COc1cc(C(Cc2ccccc2)NC[C@@H](O)Cc2ccc(O)c(NS(C)(=O)=O)c2)ccc1O. The number of phenolic OH excluding ortho intramolecular Hbond substituents is 2. The topological polar surface area (TPSA) is 128 Å². The van der Waals surface area contributed by atoms with Crippen LogP contribution in [0.5, 0.6) is 17.2 Å². The van der Waals surface area contributed by atoms with Crippen molar-refractivity contribution in [2.75, 3.05) is 24.6 Å². The molecule has 0 aliphatic carbocycles. The Bertz CT molecular complexity index is 1200. The quantitative estimate of drug-likeness (QED) is 0.264. The van der Waals surface area contributed by atoms with Gasteiger partial charge in [-0.15, -0.1) is 0 Å². The predicted molar refractivity (Wildman–Crippen MR) is 132 cm³/mol. The van der Waals surface area contributed by atoms with Gasteiger partial charge in [-0.2, -0.15) is 0 Å². The van der Waals surface area contributed by atoms with Gasteiger partial charge in [0.05, 0.1) is 25.2 Å². The summed E-state index contributed by atoms with van der Waals surface area (Å²) >= 11 is 0. The number of ether oxygens (including phenoxy) is 1. The molecule has 1 unspecified atom stereocenters. The molecule has 0 saturated carbocycles. The number of rotatable bonds is 11. The highest BCUT2D eigenvalue weighted by Crippen LogP contribution is 2.30. The first-order valence-corrected chi connectivity index (χ1v) is 12.7. The third-order valence-corrected chi connectivity index (χ3v) is 5.91. The van der Waals surface area contributed by atoms with Crippen molar-refractivity contribution in [3.63, 3.8) is 0 Å². The van der Waals surface area contributed by atoms with Crippen LogP contribution in [0.2, 0.25) is 0 Å². The predicted octanol–water partition coefficient (Wildman–Crippen LogP) is 2.95. The highest BCUT2D eigenvalue weighted by molar-refractivity contribution is 7.92. The Hall–Kier alpha value is -3.27. The normalized spacial score (nSPS) is 13.3. The van der Waals surface area contributed by atoms with Crippen molar-refractivity contribution in [3.05, 3.63) is 83.4 Å². The van der Waals surface area contributed by atoms with Crippen LogP contribution in [0, 0.1) is 0 Å². The van der Waals surface area contributed by atoms with E-state index in [1.165, 1.54) is 19.2 Å². The standard InChI is InChI=1S/C25H30N2O6S/c1-33-25-15-19(9-11-24(25)30)21(13-17-6-4-3-5-7-17)26-16-20(28)12-18-8-10-23(29)22(14-18)27-34(2,31)32/h3-11,14-15,20-21,26-30H,12-13,16H2,1-2H3/t20-,21?/m0/s1. The van der Waals surface area contributed by atoms with Gasteiger partial charge >= 0.3 is 0 Å². The number of aliphatic hydroxyl groups excluding tert-OH is 1. The number of methoxy groups -OCH3 is 1. The zero-order valence-electron chi connectivity index (χ0n) is 19.1. The fourth-order valence-electron chi connectivity index (χ4n) is 3.68. The Morgan fingerprint density at radius 3 is 2.29 bits per heavy atom. The van der Waals surface area contributed by atoms with Gasteiger partial charge in [0.15, 0.2) is 11.5 Å². The molecule has 0 bridgehead atoms. The minimum absolute atomic E-state index is 0.0515. The van der Waals surface area contributed by atoms with Gasteiger partial charge in [0, 0.05) is 12.6 Å². The molecule has 0 heterocycles. The lowest BCUT2D eigenvalue weighted by Gasteiger charge is -2.22. The summed E-state index contributed by atoms with van der Waals surface area (Å²) in [6, 6.07) is 19.5. The number of phenols is 2. The van der Waals surface area contributed by atoms with Crippen LogP contribution in [-0.2, 0) is 22.9 Å². The maximum absolute atomic E-state index is 11.5. The molecule has 34 heavy (non-hydrogen) atoms. The Kier molecular flexibility index (Phi) is 8.38. The summed E-state index contributed by atoms with van der Waals surface area (Å²) in [5.41, 5.74) is 2.74. The molecular formula is C25H30N2O6S. The summed E-state index contributed by atoms with van der Waals surface area (Å²) in [5.74, 6) is 0.231. The molecule has 9 heteroatoms. The lowest BCUT2D eigenvalue weighted by Crippen LogP contribution is -2.32. The number of sulfonamides is 1. The molecule has 8 nitrogen and oxygen atoms in total. The van der Waals surface area contributed by atoms with Crippen molar-refractivity contribution in [1.29, 1.82) is 0 Å². The van der Waals surface area contributed by atoms with Crippen LogP contribution in [0.4, 0.5) is 5.69 Å². The second-order valence-corrected chi connectivity index (χ2v) is 9.91. The molecular weight excluding hydrogens is 456 g/mol. The number of benzene rings is 3. The number of nitrogens with one attached hydrogen (secondary N) is 2. The van der Waals surface area contributed by atoms with E-state index in [-0.39, 0.29) is 36.2 Å². The first kappa shape index (κ1) is 25.4. The van der Waals surface area contributed by atoms with Gasteiger partial charge in [0.25, 0.3) is 0 Å². The third kappa shape index (κ3) is 7.38. The Labute approximate surface area is 199 Å². The molecule has 0 radical (unpaired) electrons. The average molecular weight is 487 g/mol. The molecule has 0 aliphatic heterocycles. The lowest BCUT2D eigenvalue weighted by atomic mass is 9.97. The second kappa shape index (κ2) is 11.2. The van der Waals surface area contributed by atoms with E-state index < -0.39 is 16.1 Å². The highest BCUT2D eigenvalue weighted by atomic mass is 32.2. The maximum Gasteiger partial charge on any atom is 0.229 e. The molecule has 0 amide bonds. The van der Waals surface area contributed by atoms with Crippen molar-refractivity contribution in [1.82, 2.24) is 5.32 Å². The lowest BCUT2D eigenvalue weighted by molar-refractivity contribution is 0.167. The van der Waals surface area contributed by atoms with E-state index in [1.807, 2.05) is 36.4 Å². The zero-order valence-corrected chi connectivity index (χ0v) is 19.9. The van der Waals surface area contributed by atoms with E-state index in [1.54, 1.807) is 18.2 Å². The smallest absolute Gasteiger partial charge is 0.229 e. The van der Waals surface area contributed by atoms with Crippen LogP contribution in [-0.4, -0.2) is 49.8 Å². The van der Waals surface area contributed by atoms with Gasteiger partial charge in [-0.25, -0.2) is 8.42 Å². The largest absolute Gasteiger partial charge is 0.506 e. The third-order valence-electron chi connectivity index (χ3n) is 5.32. The van der Waals surface area contributed by atoms with Crippen molar-refractivity contribution < 1.29 is 28.5 Å². The first-order chi connectivity index (χ1) is 16.1. The van der Waals surface area contributed by atoms with Crippen LogP contribution in [0.15, 0.2) is 66.7 Å². The molecule has 3 aromatic carbocycles. The van der Waals surface area contributed by atoms with Gasteiger partial charge in [0.1, 0.15) is 5.75 Å². The van der Waals surface area contributed by atoms with E-state index >= 15 is 0 Å². The van der Waals surface area contributed by atoms with Crippen LogP contribution in [0.1, 0.15) is 22.7 Å². The molecule has 2 atom stereocenters. The number of aromatic hydroxyl groups is 2. The Morgan fingerprint density at radius 2 is 1.62 bits per heavy atom. The molecule has 0 spiro atoms. The molecule has 3 rings (SSSR count). The second-order valence-electron chi connectivity index (χ2n) is 8.17. The average Bonchev–Trinajstić information content (AvgIpc) is 2.79. The van der Waals surface area contributed by atoms with Crippen LogP contribution >= 0.6 is 0 Å². The summed E-state index contributed by atoms with van der Waals surface area (Å²) < 4.78 is 30.5. The first-order valence-electron chi connectivity index (χ1n) is 10.8. The van der Waals surface area contributed by atoms with E-state index in [9.17, 15) is 23.7 Å². The minimum Gasteiger partial charge on any atom is -0.506 e. The van der Waals surface area contributed by atoms with Crippen LogP contribution in [0.25, 0.3) is 0 Å². The van der Waals surface area contributed by atoms with E-state index in [4.69, 9.17) is 4.74 Å². The highest BCUT2D eigenvalue weighted by Gasteiger charge is 2.17. The van der Waals surface area contributed by atoms with Gasteiger partial charge in [-0.3, -0.25) is 4.72 Å². The molecule has 0 fully saturated rings. The molecule has 5 N–H and O–H groups in total. The summed E-state index contributed by atoms with van der Waals surface area (Å²) in [5, 5.41) is 33.9. The van der Waals surface area contributed by atoms with Crippen LogP contribution in [0.3, 0.4) is 0 Å². The molecule has 0 aromatic heterocycles. The van der Waals surface area contributed by atoms with E-state index in [2.05, 4.69) is 10.0 Å². The number of anilines is 1. The zero-order chi connectivity index (χ0) is 24.7. The number of hydrogen-bond acceptors (Lipinski definition) is 7. The summed E-state index contributed by atoms with van der Waals surface area (Å²) in [4.78, 5) is 0. The fraction of sp³-hybridized carbons (Fsp3) is 0.280. The summed E-state index contributed by atoms with van der Waals surface area (Å²) in [7, 11) is -2.06. The van der Waals surface area contributed by atoms with Crippen LogP contribution < -0.4 is 14.8 Å². The number of hydrogen-bond donors (Lipinski definition) is 5. The van der Waals surface area contributed by atoms with Crippen molar-refractivity contribution >= 4 is 15.7 Å². The van der Waals surface area contributed by atoms with Gasteiger partial charge in [0.2, 0.25) is 10.0 Å². The summed E-state index contributed by atoms with van der Waals surface area (Å²) in [6.07, 6.45) is 1.14. The summed E-state index contributed by atoms with van der Waals surface area (Å²) in [6.45, 7) is 0.260. The van der Waals surface area contributed by atoms with Crippen molar-refractivity contribution in [2.45, 2.75) is 25.0 Å². The Morgan fingerprint density at radius 1 is 0.912 bits per heavy atom. The number of aliphatic hydroxyl groups is 1.